The minimum absolute atomic E-state index is 0.214. The standard InChI is InChI=1S/C13H21NO/c1-10(2)6-8-14-9-7-11-12(14)4-3-5-13(11)15/h7,9-10,13,15H,3-6,8H2,1-2H3. The highest BCUT2D eigenvalue weighted by atomic mass is 16.3. The molecule has 0 saturated carbocycles. The number of hydrogen-bond donors (Lipinski definition) is 1. The van der Waals surface area contributed by atoms with Crippen molar-refractivity contribution < 1.29 is 5.11 Å². The molecular weight excluding hydrogens is 186 g/mol. The highest BCUT2D eigenvalue weighted by Gasteiger charge is 2.20. The van der Waals surface area contributed by atoms with Gasteiger partial charge in [0.2, 0.25) is 0 Å². The molecule has 0 spiro atoms. The van der Waals surface area contributed by atoms with Crippen molar-refractivity contribution in [1.82, 2.24) is 4.57 Å². The maximum absolute atomic E-state index is 9.84. The number of aromatic nitrogens is 1. The van der Waals surface area contributed by atoms with E-state index in [1.54, 1.807) is 0 Å². The summed E-state index contributed by atoms with van der Waals surface area (Å²) in [6, 6.07) is 2.10. The van der Waals surface area contributed by atoms with Crippen LogP contribution in [-0.4, -0.2) is 9.67 Å². The number of aliphatic hydroxyl groups is 1. The largest absolute Gasteiger partial charge is 0.388 e. The number of nitrogens with zero attached hydrogens (tertiary/aromatic N) is 1. The summed E-state index contributed by atoms with van der Waals surface area (Å²) in [7, 11) is 0. The van der Waals surface area contributed by atoms with Crippen molar-refractivity contribution in [2.75, 3.05) is 0 Å². The summed E-state index contributed by atoms with van der Waals surface area (Å²) in [5.41, 5.74) is 2.54. The Labute approximate surface area is 91.9 Å². The molecule has 0 saturated heterocycles. The van der Waals surface area contributed by atoms with Crippen molar-refractivity contribution in [3.05, 3.63) is 23.5 Å². The van der Waals surface area contributed by atoms with Crippen molar-refractivity contribution in [2.45, 2.75) is 52.2 Å². The molecular formula is C13H21NO. The third-order valence-electron chi connectivity index (χ3n) is 3.31. The summed E-state index contributed by atoms with van der Waals surface area (Å²) in [5.74, 6) is 0.747. The van der Waals surface area contributed by atoms with Gasteiger partial charge in [0.1, 0.15) is 0 Å². The van der Waals surface area contributed by atoms with Gasteiger partial charge in [0.15, 0.2) is 0 Å². The molecule has 1 aliphatic rings. The summed E-state index contributed by atoms with van der Waals surface area (Å²) >= 11 is 0. The molecule has 0 radical (unpaired) electrons. The summed E-state index contributed by atoms with van der Waals surface area (Å²) in [4.78, 5) is 0. The predicted octanol–water partition coefficient (Wildman–Crippen LogP) is 2.90. The predicted molar refractivity (Wildman–Crippen MR) is 61.8 cm³/mol. The first-order valence-electron chi connectivity index (χ1n) is 6.04. The van der Waals surface area contributed by atoms with Crippen LogP contribution in [-0.2, 0) is 13.0 Å². The highest BCUT2D eigenvalue weighted by Crippen LogP contribution is 2.30. The van der Waals surface area contributed by atoms with Crippen molar-refractivity contribution in [2.24, 2.45) is 5.92 Å². The Balaban J connectivity index is 2.12. The average molecular weight is 207 g/mol. The van der Waals surface area contributed by atoms with Gasteiger partial charge in [-0.05, 0) is 37.7 Å². The Bertz CT molecular complexity index is 327. The fourth-order valence-corrected chi connectivity index (χ4v) is 2.34. The van der Waals surface area contributed by atoms with Gasteiger partial charge >= 0.3 is 0 Å². The van der Waals surface area contributed by atoms with Gasteiger partial charge in [-0.2, -0.15) is 0 Å². The van der Waals surface area contributed by atoms with E-state index in [4.69, 9.17) is 0 Å². The summed E-state index contributed by atoms with van der Waals surface area (Å²) in [6.07, 6.45) is 6.34. The summed E-state index contributed by atoms with van der Waals surface area (Å²) in [6.45, 7) is 5.61. The molecule has 1 heterocycles. The first-order valence-corrected chi connectivity index (χ1v) is 6.04. The van der Waals surface area contributed by atoms with E-state index < -0.39 is 0 Å². The van der Waals surface area contributed by atoms with Crippen LogP contribution >= 0.6 is 0 Å². The Kier molecular flexibility index (Phi) is 3.15. The minimum Gasteiger partial charge on any atom is -0.388 e. The zero-order chi connectivity index (χ0) is 10.8. The SMILES string of the molecule is CC(C)CCn1ccc2c1CCCC2O. The molecule has 1 aromatic heterocycles. The van der Waals surface area contributed by atoms with Crippen LogP contribution in [0.15, 0.2) is 12.3 Å². The van der Waals surface area contributed by atoms with Crippen LogP contribution in [0, 0.1) is 5.92 Å². The maximum Gasteiger partial charge on any atom is 0.0807 e. The fraction of sp³-hybridized carbons (Fsp3) is 0.692. The molecule has 1 atom stereocenters. The number of fused-ring (bicyclic) bond motifs is 1. The molecule has 2 nitrogen and oxygen atoms in total. The third-order valence-corrected chi connectivity index (χ3v) is 3.31. The van der Waals surface area contributed by atoms with Crippen molar-refractivity contribution in [3.63, 3.8) is 0 Å². The molecule has 0 bridgehead atoms. The van der Waals surface area contributed by atoms with Crippen LogP contribution in [0.25, 0.3) is 0 Å². The lowest BCUT2D eigenvalue weighted by Gasteiger charge is -2.20. The lowest BCUT2D eigenvalue weighted by atomic mass is 9.95. The van der Waals surface area contributed by atoms with Gasteiger partial charge in [-0.1, -0.05) is 13.8 Å². The molecule has 15 heavy (non-hydrogen) atoms. The van der Waals surface area contributed by atoms with E-state index in [1.807, 2.05) is 0 Å². The molecule has 84 valence electrons. The number of aryl methyl sites for hydroxylation is 1. The van der Waals surface area contributed by atoms with E-state index in [2.05, 4.69) is 30.7 Å². The van der Waals surface area contributed by atoms with Crippen LogP contribution in [0.5, 0.6) is 0 Å². The first-order chi connectivity index (χ1) is 7.18. The van der Waals surface area contributed by atoms with Gasteiger partial charge < -0.3 is 9.67 Å². The molecule has 0 aliphatic heterocycles. The number of hydrogen-bond acceptors (Lipinski definition) is 1. The van der Waals surface area contributed by atoms with Crippen molar-refractivity contribution >= 4 is 0 Å². The molecule has 1 unspecified atom stereocenters. The van der Waals surface area contributed by atoms with Gasteiger partial charge in [0, 0.05) is 24.0 Å². The van der Waals surface area contributed by atoms with Crippen LogP contribution in [0.3, 0.4) is 0 Å². The molecule has 2 rings (SSSR count). The van der Waals surface area contributed by atoms with Gasteiger partial charge in [-0.15, -0.1) is 0 Å². The Morgan fingerprint density at radius 3 is 3.07 bits per heavy atom. The van der Waals surface area contributed by atoms with Crippen LogP contribution in [0.4, 0.5) is 0 Å². The van der Waals surface area contributed by atoms with E-state index in [9.17, 15) is 5.11 Å². The first kappa shape index (κ1) is 10.7. The summed E-state index contributed by atoms with van der Waals surface area (Å²) < 4.78 is 2.33. The lowest BCUT2D eigenvalue weighted by Crippen LogP contribution is -2.12. The maximum atomic E-state index is 9.84. The molecule has 1 aliphatic carbocycles. The van der Waals surface area contributed by atoms with E-state index in [0.717, 1.165) is 31.7 Å². The molecule has 0 fully saturated rings. The monoisotopic (exact) mass is 207 g/mol. The minimum atomic E-state index is -0.214. The van der Waals surface area contributed by atoms with Gasteiger partial charge in [-0.25, -0.2) is 0 Å². The lowest BCUT2D eigenvalue weighted by molar-refractivity contribution is 0.155. The topological polar surface area (TPSA) is 25.2 Å². The molecule has 1 N–H and O–H groups in total. The Morgan fingerprint density at radius 2 is 2.33 bits per heavy atom. The van der Waals surface area contributed by atoms with E-state index in [-0.39, 0.29) is 6.10 Å². The van der Waals surface area contributed by atoms with Gasteiger partial charge in [0.25, 0.3) is 0 Å². The number of aliphatic hydroxyl groups excluding tert-OH is 1. The Hall–Kier alpha value is -0.760. The molecule has 0 aromatic carbocycles. The quantitative estimate of drug-likeness (QED) is 0.810. The smallest absolute Gasteiger partial charge is 0.0807 e. The molecule has 2 heteroatoms. The second kappa shape index (κ2) is 4.40. The normalized spacial score (nSPS) is 20.7. The Morgan fingerprint density at radius 1 is 1.53 bits per heavy atom. The van der Waals surface area contributed by atoms with Crippen molar-refractivity contribution in [3.8, 4) is 0 Å². The molecule has 0 amide bonds. The average Bonchev–Trinajstić information content (AvgIpc) is 2.59. The van der Waals surface area contributed by atoms with Crippen LogP contribution in [0.2, 0.25) is 0 Å². The van der Waals surface area contributed by atoms with Gasteiger partial charge in [-0.3, -0.25) is 0 Å². The second-order valence-electron chi connectivity index (χ2n) is 5.00. The van der Waals surface area contributed by atoms with Gasteiger partial charge in [0.05, 0.1) is 6.10 Å². The zero-order valence-electron chi connectivity index (χ0n) is 9.74. The van der Waals surface area contributed by atoms with Crippen molar-refractivity contribution in [1.29, 1.82) is 0 Å². The third kappa shape index (κ3) is 2.25. The molecule has 1 aromatic rings. The zero-order valence-corrected chi connectivity index (χ0v) is 9.74. The van der Waals surface area contributed by atoms with E-state index >= 15 is 0 Å². The van der Waals surface area contributed by atoms with E-state index in [0.29, 0.717) is 0 Å². The second-order valence-corrected chi connectivity index (χ2v) is 5.00. The highest BCUT2D eigenvalue weighted by molar-refractivity contribution is 5.27. The van der Waals surface area contributed by atoms with Crippen LogP contribution < -0.4 is 0 Å². The number of rotatable bonds is 3. The fourth-order valence-electron chi connectivity index (χ4n) is 2.34. The van der Waals surface area contributed by atoms with E-state index in [1.165, 1.54) is 17.7 Å². The van der Waals surface area contributed by atoms with Crippen LogP contribution in [0.1, 0.15) is 50.5 Å². The summed E-state index contributed by atoms with van der Waals surface area (Å²) in [5, 5.41) is 9.84.